The van der Waals surface area contributed by atoms with Crippen LogP contribution in [0.3, 0.4) is 0 Å². The van der Waals surface area contributed by atoms with E-state index in [2.05, 4.69) is 18.3 Å². The maximum atomic E-state index is 11.8. The van der Waals surface area contributed by atoms with E-state index in [1.54, 1.807) is 6.92 Å². The van der Waals surface area contributed by atoms with Crippen LogP contribution >= 0.6 is 0 Å². The van der Waals surface area contributed by atoms with Crippen LogP contribution in [-0.4, -0.2) is 59.3 Å². The van der Waals surface area contributed by atoms with Crippen LogP contribution in [0.2, 0.25) is 0 Å². The second-order valence-electron chi connectivity index (χ2n) is 8.75. The van der Waals surface area contributed by atoms with E-state index in [1.165, 1.54) is 17.7 Å². The van der Waals surface area contributed by atoms with Crippen molar-refractivity contribution in [3.63, 3.8) is 0 Å². The van der Waals surface area contributed by atoms with Gasteiger partial charge in [-0.15, -0.1) is 0 Å². The predicted octanol–water partition coefficient (Wildman–Crippen LogP) is 2.41. The average Bonchev–Trinajstić information content (AvgIpc) is 3.47. The number of hydrogen-bond acceptors (Lipinski definition) is 5. The number of aliphatic hydroxyl groups excluding tert-OH is 2. The molecule has 1 aliphatic carbocycles. The molecule has 2 saturated heterocycles. The Balaban J connectivity index is 1.38. The Bertz CT molecular complexity index is 642. The van der Waals surface area contributed by atoms with Crippen LogP contribution in [0.4, 0.5) is 0 Å². The van der Waals surface area contributed by atoms with Crippen LogP contribution in [0.15, 0.2) is 36.0 Å². The molecular formula is C23H35NO5. The summed E-state index contributed by atoms with van der Waals surface area (Å²) in [6.07, 6.45) is 13.7. The number of aliphatic hydroxyl groups is 2. The van der Waals surface area contributed by atoms with E-state index >= 15 is 0 Å². The lowest BCUT2D eigenvalue weighted by Crippen LogP contribution is -2.46. The van der Waals surface area contributed by atoms with Gasteiger partial charge in [-0.1, -0.05) is 29.9 Å². The van der Waals surface area contributed by atoms with Gasteiger partial charge in [-0.25, -0.2) is 0 Å². The molecule has 3 N–H and O–H groups in total. The monoisotopic (exact) mass is 405 g/mol. The molecule has 2 aliphatic heterocycles. The number of hydrogen-bond donors (Lipinski definition) is 3. The molecule has 3 rings (SSSR count). The van der Waals surface area contributed by atoms with Crippen molar-refractivity contribution in [2.45, 2.75) is 82.3 Å². The molecule has 1 amide bonds. The first kappa shape index (κ1) is 22.2. The fourth-order valence-electron chi connectivity index (χ4n) is 4.16. The molecule has 0 radical (unpaired) electrons. The Labute approximate surface area is 173 Å². The van der Waals surface area contributed by atoms with Crippen molar-refractivity contribution in [3.8, 4) is 0 Å². The highest BCUT2D eigenvalue weighted by Gasteiger charge is 2.55. The van der Waals surface area contributed by atoms with Gasteiger partial charge in [0.15, 0.2) is 0 Å². The van der Waals surface area contributed by atoms with Gasteiger partial charge in [-0.3, -0.25) is 4.79 Å². The summed E-state index contributed by atoms with van der Waals surface area (Å²) in [5.74, 6) is 0.514. The third-order valence-corrected chi connectivity index (χ3v) is 6.24. The normalized spacial score (nSPS) is 36.6. The molecule has 2 heterocycles. The van der Waals surface area contributed by atoms with E-state index < -0.39 is 12.2 Å². The molecule has 0 unspecified atom stereocenters. The summed E-state index contributed by atoms with van der Waals surface area (Å²) in [6.45, 7) is 4.97. The summed E-state index contributed by atoms with van der Waals surface area (Å²) in [5, 5.41) is 22.6. The Kier molecular flexibility index (Phi) is 7.68. The molecule has 6 nitrogen and oxygen atoms in total. The van der Waals surface area contributed by atoms with Gasteiger partial charge in [0, 0.05) is 18.5 Å². The van der Waals surface area contributed by atoms with Crippen LogP contribution in [0, 0.1) is 5.92 Å². The number of nitrogens with one attached hydrogen (secondary N) is 1. The quantitative estimate of drug-likeness (QED) is 0.344. The topological polar surface area (TPSA) is 91.3 Å². The van der Waals surface area contributed by atoms with E-state index in [0.29, 0.717) is 19.1 Å². The Morgan fingerprint density at radius 2 is 2.00 bits per heavy atom. The number of amides is 1. The zero-order chi connectivity index (χ0) is 20.9. The minimum atomic E-state index is -0.600. The van der Waals surface area contributed by atoms with Gasteiger partial charge in [0.1, 0.15) is 17.8 Å². The number of rotatable bonds is 7. The van der Waals surface area contributed by atoms with E-state index in [0.717, 1.165) is 38.5 Å². The van der Waals surface area contributed by atoms with Gasteiger partial charge in [-0.2, -0.15) is 0 Å². The molecule has 4 atom stereocenters. The summed E-state index contributed by atoms with van der Waals surface area (Å²) < 4.78 is 11.1. The molecule has 0 bridgehead atoms. The van der Waals surface area contributed by atoms with Crippen LogP contribution in [0.1, 0.15) is 52.4 Å². The highest BCUT2D eigenvalue weighted by atomic mass is 16.6. The lowest BCUT2D eigenvalue weighted by Gasteiger charge is -2.31. The van der Waals surface area contributed by atoms with E-state index in [1.807, 2.05) is 12.2 Å². The highest BCUT2D eigenvalue weighted by molar-refractivity contribution is 5.87. The number of ether oxygens (including phenoxy) is 2. The van der Waals surface area contributed by atoms with Crippen molar-refractivity contribution in [1.82, 2.24) is 5.32 Å². The second-order valence-corrected chi connectivity index (χ2v) is 8.75. The molecule has 6 heteroatoms. The molecular weight excluding hydrogens is 370 g/mol. The van der Waals surface area contributed by atoms with Crippen LogP contribution < -0.4 is 5.32 Å². The lowest BCUT2D eigenvalue weighted by atomic mass is 9.83. The summed E-state index contributed by atoms with van der Waals surface area (Å²) in [5.41, 5.74) is 0.821. The molecule has 0 aromatic heterocycles. The van der Waals surface area contributed by atoms with Crippen molar-refractivity contribution >= 4 is 5.91 Å². The SMILES string of the molecule is CC(C=C[C@H]1OCC[C@@]2(CO2)[C@@H]1O)=CCC1CCC(NC(=O)C=C[C@H](C)O)CC1. The third-order valence-electron chi connectivity index (χ3n) is 6.24. The Morgan fingerprint density at radius 3 is 2.66 bits per heavy atom. The van der Waals surface area contributed by atoms with Gasteiger partial charge < -0.3 is 25.0 Å². The summed E-state index contributed by atoms with van der Waals surface area (Å²) in [6, 6.07) is 0.226. The van der Waals surface area contributed by atoms with E-state index in [-0.39, 0.29) is 23.7 Å². The zero-order valence-electron chi connectivity index (χ0n) is 17.5. The van der Waals surface area contributed by atoms with Crippen LogP contribution in [0.25, 0.3) is 0 Å². The molecule has 1 saturated carbocycles. The lowest BCUT2D eigenvalue weighted by molar-refractivity contribution is -0.117. The average molecular weight is 406 g/mol. The largest absolute Gasteiger partial charge is 0.389 e. The van der Waals surface area contributed by atoms with E-state index in [4.69, 9.17) is 9.47 Å². The fourth-order valence-corrected chi connectivity index (χ4v) is 4.16. The smallest absolute Gasteiger partial charge is 0.243 e. The van der Waals surface area contributed by atoms with Crippen LogP contribution in [0.5, 0.6) is 0 Å². The van der Waals surface area contributed by atoms with Crippen LogP contribution in [-0.2, 0) is 14.3 Å². The Morgan fingerprint density at radius 1 is 1.28 bits per heavy atom. The minimum Gasteiger partial charge on any atom is -0.389 e. The van der Waals surface area contributed by atoms with Crippen molar-refractivity contribution in [2.24, 2.45) is 5.92 Å². The molecule has 1 spiro atoms. The standard InChI is InChI=1S/C23H35NO5/c1-16(4-11-20-22(27)23(15-29-23)13-14-28-20)3-6-18-7-9-19(10-8-18)24-21(26)12-5-17(2)25/h3-5,11-12,17-20,22,25,27H,6-10,13-15H2,1-2H3,(H,24,26)/t17-,18?,19?,20+,22+,23+/m0/s1. The first-order chi connectivity index (χ1) is 13.9. The van der Waals surface area contributed by atoms with Crippen molar-refractivity contribution < 1.29 is 24.5 Å². The number of carbonyl (C=O) groups is 1. The molecule has 3 fully saturated rings. The zero-order valence-corrected chi connectivity index (χ0v) is 17.5. The van der Waals surface area contributed by atoms with Crippen molar-refractivity contribution in [2.75, 3.05) is 13.2 Å². The summed E-state index contributed by atoms with van der Waals surface area (Å²) >= 11 is 0. The van der Waals surface area contributed by atoms with E-state index in [9.17, 15) is 15.0 Å². The molecule has 3 aliphatic rings. The highest BCUT2D eigenvalue weighted by Crippen LogP contribution is 2.40. The summed E-state index contributed by atoms with van der Waals surface area (Å²) in [4.78, 5) is 11.8. The summed E-state index contributed by atoms with van der Waals surface area (Å²) in [7, 11) is 0. The van der Waals surface area contributed by atoms with Gasteiger partial charge in [0.25, 0.3) is 0 Å². The first-order valence-corrected chi connectivity index (χ1v) is 10.8. The maximum absolute atomic E-state index is 11.8. The molecule has 162 valence electrons. The Hall–Kier alpha value is -1.47. The number of epoxide rings is 1. The maximum Gasteiger partial charge on any atom is 0.243 e. The van der Waals surface area contributed by atoms with Gasteiger partial charge >= 0.3 is 0 Å². The van der Waals surface area contributed by atoms with Gasteiger partial charge in [-0.05, 0) is 51.9 Å². The van der Waals surface area contributed by atoms with Crippen molar-refractivity contribution in [1.29, 1.82) is 0 Å². The second kappa shape index (κ2) is 10.0. The number of carbonyl (C=O) groups excluding carboxylic acids is 1. The third kappa shape index (κ3) is 6.51. The molecule has 0 aromatic carbocycles. The van der Waals surface area contributed by atoms with Gasteiger partial charge in [0.2, 0.25) is 5.91 Å². The van der Waals surface area contributed by atoms with Gasteiger partial charge in [0.05, 0.1) is 19.3 Å². The number of allylic oxidation sites excluding steroid dienone is 3. The minimum absolute atomic E-state index is 0.124. The molecule has 29 heavy (non-hydrogen) atoms. The fraction of sp³-hybridized carbons (Fsp3) is 0.696. The molecule has 0 aromatic rings. The van der Waals surface area contributed by atoms with Crippen molar-refractivity contribution in [3.05, 3.63) is 36.0 Å². The predicted molar refractivity (Wildman–Crippen MR) is 111 cm³/mol. The first-order valence-electron chi connectivity index (χ1n) is 10.8.